The Morgan fingerprint density at radius 1 is 0.841 bits per heavy atom. The van der Waals surface area contributed by atoms with Crippen molar-refractivity contribution in [2.24, 2.45) is 0 Å². The zero-order chi connectivity index (χ0) is 32.0. The van der Waals surface area contributed by atoms with Gasteiger partial charge in [-0.3, -0.25) is 4.79 Å². The Morgan fingerprint density at radius 2 is 1.57 bits per heavy atom. The number of ether oxygens (including phenoxy) is 5. The molecular weight excluding hydrogens is 592 g/mol. The molecular formula is C28H32O16. The van der Waals surface area contributed by atoms with Crippen molar-refractivity contribution >= 4 is 11.0 Å². The molecule has 3 aromatic rings. The zero-order valence-electron chi connectivity index (χ0n) is 23.3. The third kappa shape index (κ3) is 5.63. The highest BCUT2D eigenvalue weighted by atomic mass is 16.8. The van der Waals surface area contributed by atoms with Gasteiger partial charge in [-0.05, 0) is 25.1 Å². The average Bonchev–Trinajstić information content (AvgIpc) is 2.99. The van der Waals surface area contributed by atoms with E-state index < -0.39 is 96.1 Å². The minimum atomic E-state index is -1.90. The van der Waals surface area contributed by atoms with Crippen molar-refractivity contribution in [2.45, 2.75) is 68.3 Å². The van der Waals surface area contributed by atoms with Crippen molar-refractivity contribution in [2.75, 3.05) is 13.7 Å². The lowest BCUT2D eigenvalue weighted by molar-refractivity contribution is -0.355. The molecule has 0 spiro atoms. The molecule has 0 aliphatic carbocycles. The van der Waals surface area contributed by atoms with Crippen LogP contribution in [0.15, 0.2) is 39.5 Å². The molecule has 3 heterocycles. The normalized spacial score (nSPS) is 32.5. The Balaban J connectivity index is 1.61. The number of phenols is 3. The van der Waals surface area contributed by atoms with E-state index in [9.17, 15) is 50.8 Å². The van der Waals surface area contributed by atoms with Crippen molar-refractivity contribution in [3.63, 3.8) is 0 Å². The molecule has 2 aromatic carbocycles. The number of methoxy groups -OCH3 is 1. The number of rotatable bonds is 7. The number of aliphatic hydroxyl groups excluding tert-OH is 6. The van der Waals surface area contributed by atoms with Gasteiger partial charge in [0.25, 0.3) is 0 Å². The van der Waals surface area contributed by atoms with Crippen LogP contribution in [-0.4, -0.2) is 121 Å². The highest BCUT2D eigenvalue weighted by Gasteiger charge is 2.51. The van der Waals surface area contributed by atoms with Crippen LogP contribution in [0, 0.1) is 0 Å². The molecule has 0 unspecified atom stereocenters. The number of hydrogen-bond donors (Lipinski definition) is 9. The summed E-state index contributed by atoms with van der Waals surface area (Å²) in [6, 6.07) is 5.87. The van der Waals surface area contributed by atoms with Gasteiger partial charge < -0.3 is 74.1 Å². The summed E-state index contributed by atoms with van der Waals surface area (Å²) in [5.41, 5.74) is -1.09. The standard InChI is InChI=1S/C28H32O16/c1-9-18(33)22(37)26(44-27-23(38)21(36)19(34)16(8-29)42-27)28(40-9)43-25-20(35)17-13(32)6-11(30)7-15(17)41-24(25)10-3-4-12(31)14(5-10)39-2/h3-7,9,16,18-19,21-23,26-34,36-38H,8H2,1-2H3/t9-,16+,18-,19+,21-,22+,23+,26+,27-,28+/m0/s1. The molecule has 9 N–H and O–H groups in total. The van der Waals surface area contributed by atoms with Gasteiger partial charge in [-0.1, -0.05) is 0 Å². The number of phenolic OH excluding ortho intramolecular Hbond substituents is 3. The quantitative estimate of drug-likeness (QED) is 0.147. The first-order valence-electron chi connectivity index (χ1n) is 13.4. The third-order valence-electron chi connectivity index (χ3n) is 7.52. The SMILES string of the molecule is COc1cc(-c2oc3cc(O)cc(O)c3c(=O)c2O[C@H]2O[C@@H](C)[C@H](O)[C@@H](O)[C@H]2O[C@@H]2O[C@H](CO)[C@@H](O)[C@H](O)[C@H]2O)ccc1O. The van der Waals surface area contributed by atoms with Crippen LogP contribution < -0.4 is 14.9 Å². The summed E-state index contributed by atoms with van der Waals surface area (Å²) in [6.07, 6.45) is -16.6. The molecule has 0 bridgehead atoms. The largest absolute Gasteiger partial charge is 0.508 e. The summed E-state index contributed by atoms with van der Waals surface area (Å²) in [6.45, 7) is 0.613. The van der Waals surface area contributed by atoms with E-state index in [-0.39, 0.29) is 28.4 Å². The molecule has 5 rings (SSSR count). The number of aliphatic hydroxyl groups is 6. The lowest BCUT2D eigenvalue weighted by atomic mass is 9.97. The smallest absolute Gasteiger partial charge is 0.239 e. The van der Waals surface area contributed by atoms with Crippen LogP contribution >= 0.6 is 0 Å². The maximum Gasteiger partial charge on any atom is 0.239 e. The zero-order valence-corrected chi connectivity index (χ0v) is 23.3. The topological polar surface area (TPSA) is 258 Å². The summed E-state index contributed by atoms with van der Waals surface area (Å²) < 4.78 is 33.8. The monoisotopic (exact) mass is 624 g/mol. The number of fused-ring (bicyclic) bond motifs is 1. The number of hydrogen-bond acceptors (Lipinski definition) is 16. The molecule has 240 valence electrons. The van der Waals surface area contributed by atoms with Crippen LogP contribution in [0.5, 0.6) is 28.7 Å². The van der Waals surface area contributed by atoms with Crippen molar-refractivity contribution < 1.29 is 74.1 Å². The van der Waals surface area contributed by atoms with E-state index in [1.165, 1.54) is 32.2 Å². The Kier molecular flexibility index (Phi) is 8.90. The fourth-order valence-corrected chi connectivity index (χ4v) is 5.08. The Bertz CT molecular complexity index is 1550. The second kappa shape index (κ2) is 12.4. The molecule has 2 fully saturated rings. The van der Waals surface area contributed by atoms with Gasteiger partial charge in [0, 0.05) is 17.7 Å². The van der Waals surface area contributed by atoms with Gasteiger partial charge in [0.05, 0.1) is 19.8 Å². The van der Waals surface area contributed by atoms with Crippen LogP contribution in [0.25, 0.3) is 22.3 Å². The molecule has 2 saturated heterocycles. The molecule has 44 heavy (non-hydrogen) atoms. The molecule has 10 atom stereocenters. The first-order chi connectivity index (χ1) is 20.9. The fraction of sp³-hybridized carbons (Fsp3) is 0.464. The fourth-order valence-electron chi connectivity index (χ4n) is 5.08. The van der Waals surface area contributed by atoms with E-state index in [2.05, 4.69) is 0 Å². The Labute approximate surface area is 248 Å². The molecule has 0 amide bonds. The lowest BCUT2D eigenvalue weighted by Gasteiger charge is -2.45. The van der Waals surface area contributed by atoms with Crippen LogP contribution in [0.2, 0.25) is 0 Å². The summed E-state index contributed by atoms with van der Waals surface area (Å²) in [5, 5.41) is 92.0. The molecule has 0 saturated carbocycles. The van der Waals surface area contributed by atoms with Crippen molar-refractivity contribution in [1.82, 2.24) is 0 Å². The van der Waals surface area contributed by atoms with Gasteiger partial charge in [0.2, 0.25) is 17.5 Å². The van der Waals surface area contributed by atoms with E-state index in [1.807, 2.05) is 0 Å². The van der Waals surface area contributed by atoms with Crippen LogP contribution in [0.4, 0.5) is 0 Å². The van der Waals surface area contributed by atoms with E-state index in [0.29, 0.717) is 0 Å². The first-order valence-corrected chi connectivity index (χ1v) is 13.4. The molecule has 16 nitrogen and oxygen atoms in total. The third-order valence-corrected chi connectivity index (χ3v) is 7.52. The highest BCUT2D eigenvalue weighted by molar-refractivity contribution is 5.88. The van der Waals surface area contributed by atoms with Gasteiger partial charge in [-0.2, -0.15) is 0 Å². The van der Waals surface area contributed by atoms with E-state index in [1.54, 1.807) is 0 Å². The predicted octanol–water partition coefficient (Wildman–Crippen LogP) is -1.38. The molecule has 2 aliphatic rings. The molecule has 2 aliphatic heterocycles. The molecule has 16 heteroatoms. The predicted molar refractivity (Wildman–Crippen MR) is 145 cm³/mol. The summed E-state index contributed by atoms with van der Waals surface area (Å²) >= 11 is 0. The maximum absolute atomic E-state index is 13.8. The lowest BCUT2D eigenvalue weighted by Crippen LogP contribution is -2.64. The summed E-state index contributed by atoms with van der Waals surface area (Å²) in [7, 11) is 1.29. The van der Waals surface area contributed by atoms with E-state index >= 15 is 0 Å². The second-order valence-corrected chi connectivity index (χ2v) is 10.4. The van der Waals surface area contributed by atoms with Crippen LogP contribution in [0.3, 0.4) is 0 Å². The van der Waals surface area contributed by atoms with Gasteiger partial charge in [0.1, 0.15) is 59.1 Å². The first kappa shape index (κ1) is 31.7. The molecule has 1 aromatic heterocycles. The van der Waals surface area contributed by atoms with Crippen LogP contribution in [-0.2, 0) is 14.2 Å². The van der Waals surface area contributed by atoms with Crippen LogP contribution in [0.1, 0.15) is 6.92 Å². The Morgan fingerprint density at radius 3 is 2.25 bits per heavy atom. The van der Waals surface area contributed by atoms with Crippen molar-refractivity contribution in [1.29, 1.82) is 0 Å². The average molecular weight is 625 g/mol. The van der Waals surface area contributed by atoms with Gasteiger partial charge in [-0.25, -0.2) is 0 Å². The van der Waals surface area contributed by atoms with Crippen molar-refractivity contribution in [3.8, 4) is 40.1 Å². The van der Waals surface area contributed by atoms with Gasteiger partial charge in [-0.15, -0.1) is 0 Å². The van der Waals surface area contributed by atoms with Gasteiger partial charge >= 0.3 is 0 Å². The van der Waals surface area contributed by atoms with E-state index in [0.717, 1.165) is 12.1 Å². The van der Waals surface area contributed by atoms with Gasteiger partial charge in [0.15, 0.2) is 29.7 Å². The maximum atomic E-state index is 13.8. The van der Waals surface area contributed by atoms with E-state index in [4.69, 9.17) is 28.1 Å². The summed E-state index contributed by atoms with van der Waals surface area (Å²) in [5.74, 6) is -2.23. The summed E-state index contributed by atoms with van der Waals surface area (Å²) in [4.78, 5) is 13.8. The second-order valence-electron chi connectivity index (χ2n) is 10.4. The molecule has 0 radical (unpaired) electrons. The minimum absolute atomic E-state index is 0.0140. The number of aromatic hydroxyl groups is 3. The number of benzene rings is 2. The Hall–Kier alpha value is -3.71. The van der Waals surface area contributed by atoms with Crippen molar-refractivity contribution in [3.05, 3.63) is 40.6 Å². The highest BCUT2D eigenvalue weighted by Crippen LogP contribution is 2.40. The minimum Gasteiger partial charge on any atom is -0.508 e.